The van der Waals surface area contributed by atoms with Gasteiger partial charge in [0.1, 0.15) is 5.82 Å². The van der Waals surface area contributed by atoms with Crippen molar-refractivity contribution in [2.45, 2.75) is 10.9 Å². The molecule has 6 nitrogen and oxygen atoms in total. The zero-order valence-corrected chi connectivity index (χ0v) is 16.2. The fourth-order valence-corrected chi connectivity index (χ4v) is 3.65. The van der Waals surface area contributed by atoms with Crippen LogP contribution in [0.1, 0.15) is 5.56 Å². The van der Waals surface area contributed by atoms with E-state index in [4.69, 9.17) is 0 Å². The maximum absolute atomic E-state index is 11.9. The van der Waals surface area contributed by atoms with Gasteiger partial charge in [0.2, 0.25) is 11.0 Å². The third-order valence-corrected chi connectivity index (χ3v) is 5.50. The maximum Gasteiger partial charge on any atom is 0.235 e. The zero-order valence-electron chi connectivity index (χ0n) is 13.0. The Morgan fingerprint density at radius 1 is 1.16 bits per heavy atom. The van der Waals surface area contributed by atoms with Crippen LogP contribution in [0.25, 0.3) is 0 Å². The highest BCUT2D eigenvalue weighted by Crippen LogP contribution is 2.25. The second kappa shape index (κ2) is 8.93. The predicted octanol–water partition coefficient (Wildman–Crippen LogP) is 4.04. The molecule has 0 aliphatic rings. The molecule has 3 aromatic rings. The molecule has 1 amide bonds. The molecule has 0 radical (unpaired) electrons. The topological polar surface area (TPSA) is 79.8 Å². The van der Waals surface area contributed by atoms with Gasteiger partial charge in [-0.1, -0.05) is 53.4 Å². The van der Waals surface area contributed by atoms with Crippen molar-refractivity contribution in [1.29, 1.82) is 0 Å². The number of nitrogens with one attached hydrogen (secondary N) is 2. The number of aromatic nitrogens is 3. The summed E-state index contributed by atoms with van der Waals surface area (Å²) in [6.07, 6.45) is 1.64. The number of amides is 1. The Hall–Kier alpha value is -1.97. The van der Waals surface area contributed by atoms with Crippen molar-refractivity contribution < 1.29 is 4.79 Å². The molecule has 0 aliphatic carbocycles. The van der Waals surface area contributed by atoms with Gasteiger partial charge in [-0.05, 0) is 33.6 Å². The number of rotatable bonds is 7. The molecule has 128 valence electrons. The molecule has 25 heavy (non-hydrogen) atoms. The van der Waals surface area contributed by atoms with Crippen LogP contribution in [0.15, 0.2) is 57.5 Å². The van der Waals surface area contributed by atoms with E-state index in [0.29, 0.717) is 12.4 Å². The highest BCUT2D eigenvalue weighted by Gasteiger charge is 2.09. The fourth-order valence-electron chi connectivity index (χ4n) is 1.87. The van der Waals surface area contributed by atoms with Gasteiger partial charge in [-0.3, -0.25) is 4.79 Å². The summed E-state index contributed by atoms with van der Waals surface area (Å²) >= 11 is 6.08. The van der Waals surface area contributed by atoms with Gasteiger partial charge < -0.3 is 10.6 Å². The number of carbonyl (C=O) groups is 1. The number of nitrogens with zero attached hydrogens (tertiary/aromatic N) is 3. The lowest BCUT2D eigenvalue weighted by Crippen LogP contribution is -2.14. The summed E-state index contributed by atoms with van der Waals surface area (Å²) < 4.78 is 1.61. The van der Waals surface area contributed by atoms with Gasteiger partial charge in [0, 0.05) is 17.2 Å². The lowest BCUT2D eigenvalue weighted by molar-refractivity contribution is -0.113. The van der Waals surface area contributed by atoms with Gasteiger partial charge in [0.15, 0.2) is 4.34 Å². The first-order chi connectivity index (χ1) is 12.2. The van der Waals surface area contributed by atoms with Crippen LogP contribution in [0.5, 0.6) is 0 Å². The van der Waals surface area contributed by atoms with E-state index in [9.17, 15) is 4.79 Å². The Bertz CT molecular complexity index is 826. The smallest absolute Gasteiger partial charge is 0.235 e. The van der Waals surface area contributed by atoms with E-state index >= 15 is 0 Å². The molecule has 0 fully saturated rings. The molecule has 2 N–H and O–H groups in total. The van der Waals surface area contributed by atoms with Crippen LogP contribution in [0.3, 0.4) is 0 Å². The Labute approximate surface area is 161 Å². The maximum atomic E-state index is 11.9. The molecule has 0 saturated carbocycles. The van der Waals surface area contributed by atoms with E-state index in [2.05, 4.69) is 41.7 Å². The molecular formula is C16H14BrN5OS2. The average molecular weight is 436 g/mol. The lowest BCUT2D eigenvalue weighted by Gasteiger charge is -2.02. The monoisotopic (exact) mass is 435 g/mol. The predicted molar refractivity (Wildman–Crippen MR) is 105 cm³/mol. The number of pyridine rings is 1. The summed E-state index contributed by atoms with van der Waals surface area (Å²) in [5, 5.41) is 14.9. The Kier molecular flexibility index (Phi) is 6.37. The Morgan fingerprint density at radius 3 is 2.76 bits per heavy atom. The third-order valence-electron chi connectivity index (χ3n) is 3.01. The first-order valence-electron chi connectivity index (χ1n) is 7.34. The average Bonchev–Trinajstić information content (AvgIpc) is 3.09. The standard InChI is InChI=1S/C16H14BrN5OS2/c17-12-6-7-13(18-9-12)20-14(23)10-24-16-22-21-15(25-16)19-8-11-4-2-1-3-5-11/h1-7,9H,8,10H2,(H,19,21)(H,18,20,23). The first-order valence-corrected chi connectivity index (χ1v) is 9.94. The molecule has 2 heterocycles. The number of anilines is 2. The molecular weight excluding hydrogens is 422 g/mol. The molecule has 0 saturated heterocycles. The second-order valence-corrected chi connectivity index (χ2v) is 8.03. The molecule has 0 spiro atoms. The molecule has 0 aliphatic heterocycles. The van der Waals surface area contributed by atoms with Crippen molar-refractivity contribution in [3.63, 3.8) is 0 Å². The van der Waals surface area contributed by atoms with Crippen LogP contribution in [-0.4, -0.2) is 26.8 Å². The molecule has 3 rings (SSSR count). The second-order valence-electron chi connectivity index (χ2n) is 4.91. The summed E-state index contributed by atoms with van der Waals surface area (Å²) in [6, 6.07) is 13.6. The van der Waals surface area contributed by atoms with E-state index in [1.807, 2.05) is 36.4 Å². The van der Waals surface area contributed by atoms with Crippen LogP contribution >= 0.6 is 39.0 Å². The highest BCUT2D eigenvalue weighted by atomic mass is 79.9. The Balaban J connectivity index is 1.45. The van der Waals surface area contributed by atoms with Gasteiger partial charge >= 0.3 is 0 Å². The number of thioether (sulfide) groups is 1. The van der Waals surface area contributed by atoms with E-state index in [0.717, 1.165) is 13.9 Å². The number of carbonyl (C=O) groups excluding carboxylic acids is 1. The van der Waals surface area contributed by atoms with Crippen molar-refractivity contribution in [2.75, 3.05) is 16.4 Å². The molecule has 0 unspecified atom stereocenters. The number of benzene rings is 1. The Morgan fingerprint density at radius 2 is 2.00 bits per heavy atom. The van der Waals surface area contributed by atoms with Crippen molar-refractivity contribution >= 4 is 55.9 Å². The normalized spacial score (nSPS) is 10.4. The van der Waals surface area contributed by atoms with Crippen molar-refractivity contribution in [3.05, 3.63) is 58.7 Å². The summed E-state index contributed by atoms with van der Waals surface area (Å²) in [7, 11) is 0. The van der Waals surface area contributed by atoms with Crippen LogP contribution in [0, 0.1) is 0 Å². The molecule has 0 bridgehead atoms. The zero-order chi connectivity index (χ0) is 17.5. The van der Waals surface area contributed by atoms with Crippen LogP contribution in [-0.2, 0) is 11.3 Å². The molecule has 1 aromatic carbocycles. The van der Waals surface area contributed by atoms with Gasteiger partial charge in [-0.2, -0.15) is 0 Å². The fraction of sp³-hybridized carbons (Fsp3) is 0.125. The largest absolute Gasteiger partial charge is 0.356 e. The van der Waals surface area contributed by atoms with E-state index in [-0.39, 0.29) is 11.7 Å². The van der Waals surface area contributed by atoms with Crippen molar-refractivity contribution in [3.8, 4) is 0 Å². The van der Waals surface area contributed by atoms with Gasteiger partial charge in [-0.15, -0.1) is 10.2 Å². The summed E-state index contributed by atoms with van der Waals surface area (Å²) in [4.78, 5) is 16.1. The summed E-state index contributed by atoms with van der Waals surface area (Å²) in [6.45, 7) is 0.690. The number of halogens is 1. The highest BCUT2D eigenvalue weighted by molar-refractivity contribution is 9.10. The van der Waals surface area contributed by atoms with Crippen molar-refractivity contribution in [1.82, 2.24) is 15.2 Å². The number of hydrogen-bond donors (Lipinski definition) is 2. The third kappa shape index (κ3) is 5.80. The van der Waals surface area contributed by atoms with E-state index < -0.39 is 0 Å². The van der Waals surface area contributed by atoms with E-state index in [1.165, 1.54) is 28.7 Å². The molecule has 9 heteroatoms. The quantitative estimate of drug-likeness (QED) is 0.545. The van der Waals surface area contributed by atoms with Gasteiger partial charge in [-0.25, -0.2) is 4.98 Å². The van der Waals surface area contributed by atoms with Gasteiger partial charge in [0.05, 0.1) is 5.75 Å². The van der Waals surface area contributed by atoms with Crippen LogP contribution in [0.4, 0.5) is 10.9 Å². The van der Waals surface area contributed by atoms with Gasteiger partial charge in [0.25, 0.3) is 0 Å². The first kappa shape index (κ1) is 17.8. The minimum Gasteiger partial charge on any atom is -0.356 e. The summed E-state index contributed by atoms with van der Waals surface area (Å²) in [5.41, 5.74) is 1.17. The lowest BCUT2D eigenvalue weighted by atomic mass is 10.2. The van der Waals surface area contributed by atoms with Crippen molar-refractivity contribution in [2.24, 2.45) is 0 Å². The minimum atomic E-state index is -0.131. The molecule has 2 aromatic heterocycles. The molecule has 0 atom stereocenters. The SMILES string of the molecule is O=C(CSc1nnc(NCc2ccccc2)s1)Nc1ccc(Br)cn1. The van der Waals surface area contributed by atoms with E-state index in [1.54, 1.807) is 12.3 Å². The summed E-state index contributed by atoms with van der Waals surface area (Å²) in [5.74, 6) is 0.649. The minimum absolute atomic E-state index is 0.131. The van der Waals surface area contributed by atoms with Crippen LogP contribution < -0.4 is 10.6 Å². The number of hydrogen-bond acceptors (Lipinski definition) is 7. The van der Waals surface area contributed by atoms with Crippen LogP contribution in [0.2, 0.25) is 0 Å².